The second-order valence-electron chi connectivity index (χ2n) is 5.98. The Labute approximate surface area is 164 Å². The fourth-order valence-corrected chi connectivity index (χ4v) is 2.43. The number of nitrogens with one attached hydrogen (secondary N) is 2. The van der Waals surface area contributed by atoms with Gasteiger partial charge in [0.2, 0.25) is 11.8 Å². The van der Waals surface area contributed by atoms with Crippen LogP contribution in [0.2, 0.25) is 5.02 Å². The molecule has 2 rings (SSSR count). The van der Waals surface area contributed by atoms with Crippen molar-refractivity contribution in [2.45, 2.75) is 25.3 Å². The lowest BCUT2D eigenvalue weighted by molar-refractivity contribution is -0.126. The van der Waals surface area contributed by atoms with Gasteiger partial charge in [-0.05, 0) is 43.2 Å². The summed E-state index contributed by atoms with van der Waals surface area (Å²) in [5.74, 6) is -0.382. The molecule has 1 unspecified atom stereocenters. The van der Waals surface area contributed by atoms with Crippen LogP contribution in [0.5, 0.6) is 0 Å². The van der Waals surface area contributed by atoms with Crippen LogP contribution in [0.3, 0.4) is 0 Å². The Kier molecular flexibility index (Phi) is 8.58. The second-order valence-corrected chi connectivity index (χ2v) is 6.42. The molecule has 0 fully saturated rings. The molecule has 0 radical (unpaired) electrons. The molecule has 0 aliphatic rings. The molecule has 2 aromatic carbocycles. The molecule has 1 atom stereocenters. The summed E-state index contributed by atoms with van der Waals surface area (Å²) in [6.45, 7) is 2.05. The molecule has 0 aliphatic carbocycles. The molecular formula is C19H23Cl2N3O2. The molecule has 0 bridgehead atoms. The molecular weight excluding hydrogens is 373 g/mol. The van der Waals surface area contributed by atoms with E-state index in [2.05, 4.69) is 10.6 Å². The standard InChI is InChI=1S/C19H22ClN3O2.ClH/c1-19(21,14-6-3-2-4-7-14)18(25)22-13-5-8-17(24)23-16-11-9-15(20)10-12-16;/h2-4,6-7,9-12H,5,8,13,21H2,1H3,(H,22,25)(H,23,24);1H. The van der Waals surface area contributed by atoms with Gasteiger partial charge in [0.15, 0.2) is 0 Å². The highest BCUT2D eigenvalue weighted by Crippen LogP contribution is 2.17. The fourth-order valence-electron chi connectivity index (χ4n) is 2.31. The summed E-state index contributed by atoms with van der Waals surface area (Å²) in [7, 11) is 0. The van der Waals surface area contributed by atoms with Crippen LogP contribution in [0.1, 0.15) is 25.3 Å². The highest BCUT2D eigenvalue weighted by atomic mass is 35.5. The van der Waals surface area contributed by atoms with Crippen molar-refractivity contribution in [2.75, 3.05) is 11.9 Å². The maximum atomic E-state index is 12.3. The van der Waals surface area contributed by atoms with Crippen molar-refractivity contribution in [1.82, 2.24) is 5.32 Å². The first kappa shape index (κ1) is 22.0. The third kappa shape index (κ3) is 6.33. The Morgan fingerprint density at radius 3 is 2.31 bits per heavy atom. The number of amides is 2. The number of hydrogen-bond donors (Lipinski definition) is 3. The zero-order valence-corrected chi connectivity index (χ0v) is 16.1. The molecule has 5 nitrogen and oxygen atoms in total. The van der Waals surface area contributed by atoms with Gasteiger partial charge < -0.3 is 16.4 Å². The fraction of sp³-hybridized carbons (Fsp3) is 0.263. The third-order valence-corrected chi connectivity index (χ3v) is 4.09. The Hall–Kier alpha value is -2.08. The van der Waals surface area contributed by atoms with Crippen LogP contribution in [-0.4, -0.2) is 18.4 Å². The molecule has 0 heterocycles. The molecule has 140 valence electrons. The van der Waals surface area contributed by atoms with Crippen molar-refractivity contribution in [2.24, 2.45) is 5.73 Å². The van der Waals surface area contributed by atoms with Crippen LogP contribution in [0.25, 0.3) is 0 Å². The van der Waals surface area contributed by atoms with Gasteiger partial charge in [-0.2, -0.15) is 0 Å². The minimum Gasteiger partial charge on any atom is -0.354 e. The summed E-state index contributed by atoms with van der Waals surface area (Å²) >= 11 is 5.80. The lowest BCUT2D eigenvalue weighted by atomic mass is 9.92. The summed E-state index contributed by atoms with van der Waals surface area (Å²) in [6.07, 6.45) is 0.825. The molecule has 0 saturated heterocycles. The van der Waals surface area contributed by atoms with E-state index in [0.29, 0.717) is 30.1 Å². The minimum absolute atomic E-state index is 0. The smallest absolute Gasteiger partial charge is 0.244 e. The summed E-state index contributed by atoms with van der Waals surface area (Å²) in [4.78, 5) is 24.2. The highest BCUT2D eigenvalue weighted by Gasteiger charge is 2.29. The minimum atomic E-state index is -1.10. The molecule has 2 amide bonds. The van der Waals surface area contributed by atoms with Crippen molar-refractivity contribution in [3.63, 3.8) is 0 Å². The van der Waals surface area contributed by atoms with Crippen LogP contribution < -0.4 is 16.4 Å². The highest BCUT2D eigenvalue weighted by molar-refractivity contribution is 6.30. The molecule has 2 aromatic rings. The zero-order valence-electron chi connectivity index (χ0n) is 14.5. The number of carbonyl (C=O) groups is 2. The second kappa shape index (κ2) is 10.2. The van der Waals surface area contributed by atoms with E-state index >= 15 is 0 Å². The van der Waals surface area contributed by atoms with Crippen LogP contribution in [0, 0.1) is 0 Å². The summed E-state index contributed by atoms with van der Waals surface area (Å²) in [5, 5.41) is 6.18. The van der Waals surface area contributed by atoms with E-state index in [1.807, 2.05) is 30.3 Å². The van der Waals surface area contributed by atoms with Gasteiger partial charge in [0, 0.05) is 23.7 Å². The molecule has 0 aromatic heterocycles. The number of hydrogen-bond acceptors (Lipinski definition) is 3. The molecule has 26 heavy (non-hydrogen) atoms. The first-order valence-electron chi connectivity index (χ1n) is 8.08. The zero-order chi connectivity index (χ0) is 18.3. The van der Waals surface area contributed by atoms with Crippen LogP contribution >= 0.6 is 24.0 Å². The molecule has 7 heteroatoms. The van der Waals surface area contributed by atoms with Crippen LogP contribution in [-0.2, 0) is 15.1 Å². The van der Waals surface area contributed by atoms with E-state index in [-0.39, 0.29) is 24.2 Å². The number of halogens is 2. The Morgan fingerprint density at radius 1 is 1.08 bits per heavy atom. The van der Waals surface area contributed by atoms with Crippen molar-refractivity contribution in [3.05, 3.63) is 65.2 Å². The predicted octanol–water partition coefficient (Wildman–Crippen LogP) is 3.47. The van der Waals surface area contributed by atoms with Gasteiger partial charge in [0.1, 0.15) is 5.54 Å². The number of benzene rings is 2. The van der Waals surface area contributed by atoms with Gasteiger partial charge in [-0.3, -0.25) is 9.59 Å². The van der Waals surface area contributed by atoms with Crippen molar-refractivity contribution >= 4 is 41.5 Å². The average molecular weight is 396 g/mol. The molecule has 0 spiro atoms. The van der Waals surface area contributed by atoms with Gasteiger partial charge in [-0.1, -0.05) is 41.9 Å². The molecule has 0 aliphatic heterocycles. The maximum absolute atomic E-state index is 12.3. The van der Waals surface area contributed by atoms with Gasteiger partial charge in [0.25, 0.3) is 0 Å². The normalized spacial score (nSPS) is 12.4. The van der Waals surface area contributed by atoms with E-state index in [9.17, 15) is 9.59 Å². The van der Waals surface area contributed by atoms with E-state index in [4.69, 9.17) is 17.3 Å². The topological polar surface area (TPSA) is 84.2 Å². The van der Waals surface area contributed by atoms with Crippen molar-refractivity contribution in [3.8, 4) is 0 Å². The quantitative estimate of drug-likeness (QED) is 0.627. The summed E-state index contributed by atoms with van der Waals surface area (Å²) in [6, 6.07) is 16.1. The number of anilines is 1. The lowest BCUT2D eigenvalue weighted by Crippen LogP contribution is -2.49. The van der Waals surface area contributed by atoms with Crippen LogP contribution in [0.4, 0.5) is 5.69 Å². The molecule has 0 saturated carbocycles. The van der Waals surface area contributed by atoms with Gasteiger partial charge in [-0.15, -0.1) is 12.4 Å². The first-order valence-corrected chi connectivity index (χ1v) is 8.45. The van der Waals surface area contributed by atoms with E-state index in [1.54, 1.807) is 31.2 Å². The number of carbonyl (C=O) groups excluding carboxylic acids is 2. The van der Waals surface area contributed by atoms with Crippen molar-refractivity contribution < 1.29 is 9.59 Å². The van der Waals surface area contributed by atoms with E-state index in [0.717, 1.165) is 5.56 Å². The average Bonchev–Trinajstić information content (AvgIpc) is 2.61. The first-order chi connectivity index (χ1) is 11.9. The largest absolute Gasteiger partial charge is 0.354 e. The maximum Gasteiger partial charge on any atom is 0.244 e. The lowest BCUT2D eigenvalue weighted by Gasteiger charge is -2.24. The Morgan fingerprint density at radius 2 is 1.69 bits per heavy atom. The van der Waals surface area contributed by atoms with Gasteiger partial charge in [-0.25, -0.2) is 0 Å². The Balaban J connectivity index is 0.00000338. The van der Waals surface area contributed by atoms with Gasteiger partial charge in [0.05, 0.1) is 0 Å². The summed E-state index contributed by atoms with van der Waals surface area (Å²) < 4.78 is 0. The summed E-state index contributed by atoms with van der Waals surface area (Å²) in [5.41, 5.74) is 6.47. The molecule has 4 N–H and O–H groups in total. The SMILES string of the molecule is CC(N)(C(=O)NCCCC(=O)Nc1ccc(Cl)cc1)c1ccccc1.Cl. The number of rotatable bonds is 7. The van der Waals surface area contributed by atoms with Gasteiger partial charge >= 0.3 is 0 Å². The predicted molar refractivity (Wildman–Crippen MR) is 108 cm³/mol. The van der Waals surface area contributed by atoms with E-state index in [1.165, 1.54) is 0 Å². The van der Waals surface area contributed by atoms with Crippen LogP contribution in [0.15, 0.2) is 54.6 Å². The van der Waals surface area contributed by atoms with E-state index < -0.39 is 5.54 Å². The third-order valence-electron chi connectivity index (χ3n) is 3.84. The van der Waals surface area contributed by atoms with Crippen molar-refractivity contribution in [1.29, 1.82) is 0 Å². The monoisotopic (exact) mass is 395 g/mol. The number of nitrogens with two attached hydrogens (primary N) is 1. The Bertz CT molecular complexity index is 719.